The van der Waals surface area contributed by atoms with Gasteiger partial charge in [-0.1, -0.05) is 0 Å². The summed E-state index contributed by atoms with van der Waals surface area (Å²) >= 11 is 3.09. The molecule has 5 heteroatoms. The smallest absolute Gasteiger partial charge is 0.358 e. The Morgan fingerprint density at radius 2 is 2.08 bits per heavy atom. The number of nitrogens with zero attached hydrogens (tertiary/aromatic N) is 2. The number of terminal acetylenes is 1. The Hall–Kier alpha value is -1.41. The number of ether oxygens (including phenoxy) is 1. The van der Waals surface area contributed by atoms with E-state index in [1.54, 1.807) is 0 Å². The standard InChI is InChI=1S/C6H5BrN2O2.C2H2/c1-11-6(10)4-2-9-5(7)3-8-4;1-2/h2-3H,1H3;1-2H. The number of methoxy groups -OCH3 is 1. The molecule has 13 heavy (non-hydrogen) atoms. The molecule has 0 fully saturated rings. The van der Waals surface area contributed by atoms with Gasteiger partial charge in [0.25, 0.3) is 0 Å². The normalized spacial score (nSPS) is 8.00. The van der Waals surface area contributed by atoms with E-state index in [1.165, 1.54) is 19.5 Å². The van der Waals surface area contributed by atoms with E-state index >= 15 is 0 Å². The van der Waals surface area contributed by atoms with Crippen molar-refractivity contribution in [2.45, 2.75) is 0 Å². The molecule has 0 aliphatic rings. The average Bonchev–Trinajstić information content (AvgIpc) is 2.21. The number of hydrogen-bond acceptors (Lipinski definition) is 4. The highest BCUT2D eigenvalue weighted by molar-refractivity contribution is 9.10. The Morgan fingerprint density at radius 3 is 2.46 bits per heavy atom. The maximum atomic E-state index is 10.8. The van der Waals surface area contributed by atoms with Crippen LogP contribution < -0.4 is 0 Å². The molecule has 0 saturated heterocycles. The fourth-order valence-electron chi connectivity index (χ4n) is 0.522. The van der Waals surface area contributed by atoms with Crippen molar-refractivity contribution in [1.29, 1.82) is 0 Å². The fourth-order valence-corrected chi connectivity index (χ4v) is 0.727. The van der Waals surface area contributed by atoms with E-state index in [-0.39, 0.29) is 5.69 Å². The summed E-state index contributed by atoms with van der Waals surface area (Å²) in [7, 11) is 1.30. The van der Waals surface area contributed by atoms with Crippen LogP contribution in [0.5, 0.6) is 0 Å². The van der Waals surface area contributed by atoms with E-state index in [4.69, 9.17) is 0 Å². The molecule has 0 aliphatic heterocycles. The maximum absolute atomic E-state index is 10.8. The number of hydrogen-bond donors (Lipinski definition) is 0. The SMILES string of the molecule is C#C.COC(=O)c1cnc(Br)cn1. The molecule has 1 rings (SSSR count). The molecule has 1 heterocycles. The quantitative estimate of drug-likeness (QED) is 0.550. The van der Waals surface area contributed by atoms with Crippen molar-refractivity contribution in [1.82, 2.24) is 9.97 Å². The lowest BCUT2D eigenvalue weighted by molar-refractivity contribution is 0.0593. The summed E-state index contributed by atoms with van der Waals surface area (Å²) in [5.74, 6) is -0.481. The van der Waals surface area contributed by atoms with Gasteiger partial charge in [-0.25, -0.2) is 14.8 Å². The Balaban J connectivity index is 0.000000671. The van der Waals surface area contributed by atoms with Gasteiger partial charge in [-0.3, -0.25) is 0 Å². The molecule has 0 aliphatic carbocycles. The molecular weight excluding hydrogens is 236 g/mol. The van der Waals surface area contributed by atoms with Gasteiger partial charge in [0.1, 0.15) is 4.60 Å². The van der Waals surface area contributed by atoms with Gasteiger partial charge in [0.15, 0.2) is 5.69 Å². The molecule has 1 aromatic rings. The molecule has 0 atom stereocenters. The number of rotatable bonds is 1. The summed E-state index contributed by atoms with van der Waals surface area (Å²) in [6.45, 7) is 0. The molecule has 0 N–H and O–H groups in total. The number of halogens is 1. The van der Waals surface area contributed by atoms with Crippen LogP contribution in [0.1, 0.15) is 10.5 Å². The third kappa shape index (κ3) is 3.67. The molecule has 0 unspecified atom stereocenters. The highest BCUT2D eigenvalue weighted by Crippen LogP contribution is 2.02. The Morgan fingerprint density at radius 1 is 1.46 bits per heavy atom. The average molecular weight is 243 g/mol. The van der Waals surface area contributed by atoms with Crippen LogP contribution in [0.15, 0.2) is 17.0 Å². The molecule has 0 saturated carbocycles. The van der Waals surface area contributed by atoms with Crippen LogP contribution in [0.25, 0.3) is 0 Å². The zero-order valence-corrected chi connectivity index (χ0v) is 8.48. The predicted molar refractivity (Wildman–Crippen MR) is 51.0 cm³/mol. The summed E-state index contributed by atoms with van der Waals surface area (Å²) in [5.41, 5.74) is 0.204. The van der Waals surface area contributed by atoms with Crippen molar-refractivity contribution in [3.05, 3.63) is 22.7 Å². The predicted octanol–water partition coefficient (Wildman–Crippen LogP) is 1.28. The van der Waals surface area contributed by atoms with E-state index in [9.17, 15) is 4.79 Å². The zero-order chi connectivity index (χ0) is 10.3. The Kier molecular flexibility index (Phi) is 5.48. The maximum Gasteiger partial charge on any atom is 0.358 e. The second-order valence-corrected chi connectivity index (χ2v) is 2.53. The highest BCUT2D eigenvalue weighted by Gasteiger charge is 2.05. The minimum atomic E-state index is -0.481. The summed E-state index contributed by atoms with van der Waals surface area (Å²) in [5, 5.41) is 0. The molecule has 0 radical (unpaired) electrons. The molecule has 4 nitrogen and oxygen atoms in total. The lowest BCUT2D eigenvalue weighted by Gasteiger charge is -1.95. The van der Waals surface area contributed by atoms with Crippen LogP contribution in [0.3, 0.4) is 0 Å². The van der Waals surface area contributed by atoms with Crippen LogP contribution in [0.4, 0.5) is 0 Å². The van der Waals surface area contributed by atoms with Gasteiger partial charge in [-0.2, -0.15) is 0 Å². The summed E-state index contributed by atoms with van der Waals surface area (Å²) < 4.78 is 5.01. The minimum absolute atomic E-state index is 0.204. The van der Waals surface area contributed by atoms with Crippen molar-refractivity contribution < 1.29 is 9.53 Å². The molecule has 0 aromatic carbocycles. The van der Waals surface area contributed by atoms with Crippen molar-refractivity contribution in [2.24, 2.45) is 0 Å². The van der Waals surface area contributed by atoms with Crippen molar-refractivity contribution in [3.63, 3.8) is 0 Å². The third-order valence-electron chi connectivity index (χ3n) is 1.01. The summed E-state index contributed by atoms with van der Waals surface area (Å²) in [6, 6.07) is 0. The topological polar surface area (TPSA) is 52.1 Å². The number of esters is 1. The summed E-state index contributed by atoms with van der Waals surface area (Å²) in [6.07, 6.45) is 10.8. The molecule has 0 spiro atoms. The van der Waals surface area contributed by atoms with Crippen LogP contribution in [0, 0.1) is 12.8 Å². The van der Waals surface area contributed by atoms with Gasteiger partial charge >= 0.3 is 5.97 Å². The minimum Gasteiger partial charge on any atom is -0.464 e. The van der Waals surface area contributed by atoms with Gasteiger partial charge in [0.05, 0.1) is 19.5 Å². The largest absolute Gasteiger partial charge is 0.464 e. The van der Waals surface area contributed by atoms with Gasteiger partial charge < -0.3 is 4.74 Å². The second kappa shape index (κ2) is 6.14. The lowest BCUT2D eigenvalue weighted by atomic mass is 10.5. The fraction of sp³-hybridized carbons (Fsp3) is 0.125. The van der Waals surface area contributed by atoms with Gasteiger partial charge in [-0.15, -0.1) is 12.8 Å². The van der Waals surface area contributed by atoms with Gasteiger partial charge in [-0.05, 0) is 15.9 Å². The monoisotopic (exact) mass is 242 g/mol. The van der Waals surface area contributed by atoms with Crippen LogP contribution in [0.2, 0.25) is 0 Å². The molecular formula is C8H7BrN2O2. The molecule has 0 amide bonds. The molecule has 0 bridgehead atoms. The molecule has 1 aromatic heterocycles. The first kappa shape index (κ1) is 11.6. The van der Waals surface area contributed by atoms with E-state index < -0.39 is 5.97 Å². The van der Waals surface area contributed by atoms with Crippen molar-refractivity contribution in [2.75, 3.05) is 7.11 Å². The van der Waals surface area contributed by atoms with Crippen LogP contribution >= 0.6 is 15.9 Å². The van der Waals surface area contributed by atoms with E-state index in [1.807, 2.05) is 0 Å². The Bertz CT molecular complexity index is 295. The second-order valence-electron chi connectivity index (χ2n) is 1.72. The van der Waals surface area contributed by atoms with Crippen molar-refractivity contribution >= 4 is 21.9 Å². The van der Waals surface area contributed by atoms with Crippen LogP contribution in [-0.2, 0) is 4.74 Å². The number of carbonyl (C=O) groups is 1. The van der Waals surface area contributed by atoms with Gasteiger partial charge in [0.2, 0.25) is 0 Å². The lowest BCUT2D eigenvalue weighted by Crippen LogP contribution is -2.04. The van der Waals surface area contributed by atoms with Crippen LogP contribution in [-0.4, -0.2) is 23.0 Å². The summed E-state index contributed by atoms with van der Waals surface area (Å²) in [4.78, 5) is 18.4. The van der Waals surface area contributed by atoms with E-state index in [2.05, 4.69) is 43.5 Å². The van der Waals surface area contributed by atoms with E-state index in [0.29, 0.717) is 4.60 Å². The molecule has 68 valence electrons. The Labute approximate surface area is 84.5 Å². The number of carbonyl (C=O) groups excluding carboxylic acids is 1. The van der Waals surface area contributed by atoms with E-state index in [0.717, 1.165) is 0 Å². The zero-order valence-electron chi connectivity index (χ0n) is 6.90. The van der Waals surface area contributed by atoms with Crippen molar-refractivity contribution in [3.8, 4) is 12.8 Å². The highest BCUT2D eigenvalue weighted by atomic mass is 79.9. The number of aromatic nitrogens is 2. The first-order chi connectivity index (χ1) is 6.24. The third-order valence-corrected chi connectivity index (χ3v) is 1.42. The van der Waals surface area contributed by atoms with Gasteiger partial charge in [0, 0.05) is 0 Å². The first-order valence-electron chi connectivity index (χ1n) is 3.13. The first-order valence-corrected chi connectivity index (χ1v) is 3.92.